The maximum atomic E-state index is 10.7. The van der Waals surface area contributed by atoms with Crippen molar-refractivity contribution in [1.82, 2.24) is 4.90 Å². The highest BCUT2D eigenvalue weighted by Gasteiger charge is 2.29. The summed E-state index contributed by atoms with van der Waals surface area (Å²) in [5.74, 6) is 0. The van der Waals surface area contributed by atoms with Gasteiger partial charge in [0, 0.05) is 30.9 Å². The third kappa shape index (κ3) is 2.42. The van der Waals surface area contributed by atoms with Gasteiger partial charge in [0.2, 0.25) is 0 Å². The first-order valence-electron chi connectivity index (χ1n) is 5.34. The van der Waals surface area contributed by atoms with Crippen LogP contribution < -0.4 is 4.90 Å². The number of rotatable bonds is 3. The summed E-state index contributed by atoms with van der Waals surface area (Å²) in [5.41, 5.74) is 1.14. The van der Waals surface area contributed by atoms with Gasteiger partial charge in [0.15, 0.2) is 0 Å². The van der Waals surface area contributed by atoms with Gasteiger partial charge in [-0.05, 0) is 42.2 Å². The number of hydrogen-bond acceptors (Lipinski definition) is 4. The standard InChI is InChI=1S/C11H14BrN3O2/c1-13(2)9-6-14(7-9)8-3-4-11(15(16)17)10(12)5-8/h3-5,9H,6-7H2,1-2H3. The molecule has 2 rings (SSSR count). The minimum absolute atomic E-state index is 0.110. The van der Waals surface area contributed by atoms with E-state index in [0.29, 0.717) is 10.5 Å². The molecular formula is C11H14BrN3O2. The van der Waals surface area contributed by atoms with Crippen molar-refractivity contribution in [3.05, 3.63) is 32.8 Å². The molecule has 1 aliphatic rings. The van der Waals surface area contributed by atoms with Crippen LogP contribution >= 0.6 is 15.9 Å². The SMILES string of the molecule is CN(C)C1CN(c2ccc([N+](=O)[O-])c(Br)c2)C1. The van der Waals surface area contributed by atoms with Crippen LogP contribution in [0.25, 0.3) is 0 Å². The van der Waals surface area contributed by atoms with Gasteiger partial charge in [0.25, 0.3) is 5.69 Å². The summed E-state index contributed by atoms with van der Waals surface area (Å²) >= 11 is 3.23. The van der Waals surface area contributed by atoms with Crippen molar-refractivity contribution in [2.75, 3.05) is 32.1 Å². The van der Waals surface area contributed by atoms with E-state index in [1.165, 1.54) is 0 Å². The van der Waals surface area contributed by atoms with E-state index >= 15 is 0 Å². The Kier molecular flexibility index (Phi) is 3.35. The molecule has 0 aromatic heterocycles. The van der Waals surface area contributed by atoms with Crippen LogP contribution in [0.5, 0.6) is 0 Å². The highest BCUT2D eigenvalue weighted by Crippen LogP contribution is 2.31. The quantitative estimate of drug-likeness (QED) is 0.633. The lowest BCUT2D eigenvalue weighted by atomic mass is 10.1. The number of benzene rings is 1. The third-order valence-corrected chi connectivity index (χ3v) is 3.72. The highest BCUT2D eigenvalue weighted by molar-refractivity contribution is 9.10. The average molecular weight is 300 g/mol. The Morgan fingerprint density at radius 1 is 1.47 bits per heavy atom. The summed E-state index contributed by atoms with van der Waals surface area (Å²) in [6, 6.07) is 5.73. The first kappa shape index (κ1) is 12.3. The van der Waals surface area contributed by atoms with Crippen molar-refractivity contribution in [2.45, 2.75) is 6.04 Å². The first-order valence-corrected chi connectivity index (χ1v) is 6.13. The molecule has 17 heavy (non-hydrogen) atoms. The molecular weight excluding hydrogens is 286 g/mol. The molecule has 1 aromatic rings. The fourth-order valence-corrected chi connectivity index (χ4v) is 2.34. The molecule has 0 aliphatic carbocycles. The minimum Gasteiger partial charge on any atom is -0.368 e. The molecule has 0 amide bonds. The fourth-order valence-electron chi connectivity index (χ4n) is 1.83. The second-order valence-corrected chi connectivity index (χ2v) is 5.27. The summed E-state index contributed by atoms with van der Waals surface area (Å²) in [4.78, 5) is 14.7. The molecule has 5 nitrogen and oxygen atoms in total. The lowest BCUT2D eigenvalue weighted by molar-refractivity contribution is -0.385. The van der Waals surface area contributed by atoms with Crippen LogP contribution in [0.3, 0.4) is 0 Å². The van der Waals surface area contributed by atoms with Crippen molar-refractivity contribution in [2.24, 2.45) is 0 Å². The molecule has 0 bridgehead atoms. The minimum atomic E-state index is -0.382. The van der Waals surface area contributed by atoms with E-state index in [4.69, 9.17) is 0 Å². The molecule has 1 aromatic carbocycles. The van der Waals surface area contributed by atoms with Gasteiger partial charge in [0.05, 0.1) is 9.40 Å². The van der Waals surface area contributed by atoms with E-state index in [1.807, 2.05) is 6.07 Å². The van der Waals surface area contributed by atoms with Crippen molar-refractivity contribution in [3.8, 4) is 0 Å². The van der Waals surface area contributed by atoms with Crippen LogP contribution in [0.2, 0.25) is 0 Å². The lowest BCUT2D eigenvalue weighted by Crippen LogP contribution is -2.57. The van der Waals surface area contributed by atoms with Gasteiger partial charge >= 0.3 is 0 Å². The van der Waals surface area contributed by atoms with Crippen molar-refractivity contribution in [3.63, 3.8) is 0 Å². The van der Waals surface area contributed by atoms with Gasteiger partial charge in [-0.2, -0.15) is 0 Å². The molecule has 1 saturated heterocycles. The number of nitro benzene ring substituents is 1. The van der Waals surface area contributed by atoms with Crippen LogP contribution in [-0.2, 0) is 0 Å². The second-order valence-electron chi connectivity index (χ2n) is 4.42. The molecule has 0 radical (unpaired) electrons. The molecule has 0 saturated carbocycles. The Morgan fingerprint density at radius 2 is 2.12 bits per heavy atom. The van der Waals surface area contributed by atoms with Gasteiger partial charge in [-0.1, -0.05) is 0 Å². The van der Waals surface area contributed by atoms with Gasteiger partial charge in [-0.15, -0.1) is 0 Å². The van der Waals surface area contributed by atoms with Crippen molar-refractivity contribution < 1.29 is 4.92 Å². The molecule has 0 spiro atoms. The first-order chi connectivity index (χ1) is 7.99. The van der Waals surface area contributed by atoms with Crippen molar-refractivity contribution >= 4 is 27.3 Å². The Hall–Kier alpha value is -1.14. The van der Waals surface area contributed by atoms with E-state index in [9.17, 15) is 10.1 Å². The largest absolute Gasteiger partial charge is 0.368 e. The summed E-state index contributed by atoms with van der Waals surface area (Å²) < 4.78 is 0.535. The predicted octanol–water partition coefficient (Wildman–Crippen LogP) is 2.11. The molecule has 6 heteroatoms. The average Bonchev–Trinajstić information content (AvgIpc) is 2.13. The predicted molar refractivity (Wildman–Crippen MR) is 70.5 cm³/mol. The Bertz CT molecular complexity index is 444. The zero-order valence-electron chi connectivity index (χ0n) is 9.76. The van der Waals surface area contributed by atoms with E-state index in [1.54, 1.807) is 12.1 Å². The summed E-state index contributed by atoms with van der Waals surface area (Å²) in [6.45, 7) is 1.94. The maximum Gasteiger partial charge on any atom is 0.283 e. The van der Waals surface area contributed by atoms with Crippen molar-refractivity contribution in [1.29, 1.82) is 0 Å². The number of nitrogens with zero attached hydrogens (tertiary/aromatic N) is 3. The van der Waals surface area contributed by atoms with Crippen LogP contribution in [0.1, 0.15) is 0 Å². The van der Waals surface area contributed by atoms with Crippen LogP contribution in [0.15, 0.2) is 22.7 Å². The molecule has 92 valence electrons. The van der Waals surface area contributed by atoms with E-state index in [2.05, 4.69) is 39.8 Å². The van der Waals surface area contributed by atoms with E-state index in [-0.39, 0.29) is 10.6 Å². The summed E-state index contributed by atoms with van der Waals surface area (Å²) in [6.07, 6.45) is 0. The maximum absolute atomic E-state index is 10.7. The number of nitro groups is 1. The van der Waals surface area contributed by atoms with Gasteiger partial charge in [0.1, 0.15) is 0 Å². The number of hydrogen-bond donors (Lipinski definition) is 0. The third-order valence-electron chi connectivity index (χ3n) is 3.09. The zero-order chi connectivity index (χ0) is 12.6. The fraction of sp³-hybridized carbons (Fsp3) is 0.455. The smallest absolute Gasteiger partial charge is 0.283 e. The van der Waals surface area contributed by atoms with E-state index in [0.717, 1.165) is 18.8 Å². The molecule has 1 aliphatic heterocycles. The second kappa shape index (κ2) is 4.62. The highest BCUT2D eigenvalue weighted by atomic mass is 79.9. The lowest BCUT2D eigenvalue weighted by Gasteiger charge is -2.44. The van der Waals surface area contributed by atoms with Crippen LogP contribution in [0, 0.1) is 10.1 Å². The topological polar surface area (TPSA) is 49.6 Å². The summed E-state index contributed by atoms with van der Waals surface area (Å²) in [7, 11) is 4.13. The molecule has 0 N–H and O–H groups in total. The normalized spacial score (nSPS) is 16.1. The Balaban J connectivity index is 2.10. The van der Waals surface area contributed by atoms with Gasteiger partial charge in [-0.25, -0.2) is 0 Å². The molecule has 0 unspecified atom stereocenters. The van der Waals surface area contributed by atoms with E-state index < -0.39 is 0 Å². The Morgan fingerprint density at radius 3 is 2.59 bits per heavy atom. The van der Waals surface area contributed by atoms with Crippen LogP contribution in [-0.4, -0.2) is 43.0 Å². The number of halogens is 1. The van der Waals surface area contributed by atoms with Gasteiger partial charge in [-0.3, -0.25) is 10.1 Å². The molecule has 1 fully saturated rings. The monoisotopic (exact) mass is 299 g/mol. The molecule has 0 atom stereocenters. The van der Waals surface area contributed by atoms with Gasteiger partial charge < -0.3 is 9.80 Å². The zero-order valence-corrected chi connectivity index (χ0v) is 11.3. The number of likely N-dealkylation sites (N-methyl/N-ethyl adjacent to an activating group) is 1. The number of anilines is 1. The van der Waals surface area contributed by atoms with Crippen LogP contribution in [0.4, 0.5) is 11.4 Å². The molecule has 1 heterocycles. The Labute approximate surface area is 108 Å². The summed E-state index contributed by atoms with van der Waals surface area (Å²) in [5, 5.41) is 10.7.